The Balaban J connectivity index is 0.000000374. The van der Waals surface area contributed by atoms with Crippen LogP contribution in [0, 0.1) is 5.41 Å². The molecule has 1 amide bonds. The molecule has 1 aliphatic rings. The van der Waals surface area contributed by atoms with Crippen molar-refractivity contribution in [2.75, 3.05) is 6.67 Å². The number of carbonyl (C=O) groups excluding carboxylic acids is 1. The van der Waals surface area contributed by atoms with Gasteiger partial charge in [0.05, 0.1) is 17.7 Å². The van der Waals surface area contributed by atoms with Crippen molar-refractivity contribution in [3.63, 3.8) is 0 Å². The average Bonchev–Trinajstić information content (AvgIpc) is 3.12. The second kappa shape index (κ2) is 9.98. The van der Waals surface area contributed by atoms with E-state index in [1.165, 1.54) is 44.0 Å². The first-order chi connectivity index (χ1) is 15.6. The third-order valence-electron chi connectivity index (χ3n) is 6.67. The van der Waals surface area contributed by atoms with E-state index in [0.717, 1.165) is 23.1 Å². The Morgan fingerprint density at radius 2 is 1.79 bits per heavy atom. The van der Waals surface area contributed by atoms with E-state index in [1.54, 1.807) is 22.8 Å². The monoisotopic (exact) mass is 462 g/mol. The van der Waals surface area contributed by atoms with Crippen molar-refractivity contribution in [3.05, 3.63) is 70.9 Å². The molecule has 2 N–H and O–H groups in total. The van der Waals surface area contributed by atoms with Crippen LogP contribution in [0.4, 0.5) is 17.6 Å². The van der Waals surface area contributed by atoms with Gasteiger partial charge in [-0.05, 0) is 54.0 Å². The van der Waals surface area contributed by atoms with E-state index in [9.17, 15) is 22.4 Å². The molecular weight excluding hydrogens is 432 g/mol. The van der Waals surface area contributed by atoms with Crippen molar-refractivity contribution in [1.82, 2.24) is 4.57 Å². The summed E-state index contributed by atoms with van der Waals surface area (Å²) in [4.78, 5) is 11.8. The molecule has 1 aromatic heterocycles. The molecule has 0 radical (unpaired) electrons. The molecule has 3 nitrogen and oxygen atoms in total. The molecule has 0 bridgehead atoms. The second-order valence-corrected chi connectivity index (χ2v) is 8.99. The first-order valence-corrected chi connectivity index (χ1v) is 11.2. The first kappa shape index (κ1) is 24.8. The van der Waals surface area contributed by atoms with E-state index in [-0.39, 0.29) is 12.1 Å². The minimum absolute atomic E-state index is 0.0908. The van der Waals surface area contributed by atoms with E-state index in [4.69, 9.17) is 5.73 Å². The summed E-state index contributed by atoms with van der Waals surface area (Å²) in [5, 5.41) is 0.605. The number of fused-ring (bicyclic) bond motifs is 1. The lowest BCUT2D eigenvalue weighted by Gasteiger charge is -2.37. The summed E-state index contributed by atoms with van der Waals surface area (Å²) in [5.74, 6) is -0.632. The van der Waals surface area contributed by atoms with Crippen LogP contribution in [0.2, 0.25) is 0 Å². The highest BCUT2D eigenvalue weighted by molar-refractivity contribution is 6.07. The lowest BCUT2D eigenvalue weighted by atomic mass is 9.69. The van der Waals surface area contributed by atoms with Crippen LogP contribution in [0.3, 0.4) is 0 Å². The first-order valence-electron chi connectivity index (χ1n) is 11.2. The number of primary amides is 1. The zero-order valence-electron chi connectivity index (χ0n) is 19.0. The Bertz CT molecular complexity index is 1090. The minimum Gasteiger partial charge on any atom is -0.366 e. The number of amides is 1. The van der Waals surface area contributed by atoms with Crippen LogP contribution in [0.1, 0.15) is 66.6 Å². The van der Waals surface area contributed by atoms with Crippen LogP contribution in [-0.2, 0) is 19.1 Å². The molecule has 0 atom stereocenters. The summed E-state index contributed by atoms with van der Waals surface area (Å²) in [6.07, 6.45) is 3.27. The van der Waals surface area contributed by atoms with Crippen LogP contribution in [0.25, 0.3) is 10.9 Å². The van der Waals surface area contributed by atoms with Crippen LogP contribution in [0.5, 0.6) is 0 Å². The molecule has 3 aromatic rings. The molecule has 2 aromatic carbocycles. The number of benzene rings is 2. The lowest BCUT2D eigenvalue weighted by molar-refractivity contribution is -0.137. The van der Waals surface area contributed by atoms with Gasteiger partial charge in [0.15, 0.2) is 0 Å². The highest BCUT2D eigenvalue weighted by Gasteiger charge is 2.30. The van der Waals surface area contributed by atoms with Crippen molar-refractivity contribution in [3.8, 4) is 0 Å². The maximum atomic E-state index is 12.8. The van der Waals surface area contributed by atoms with E-state index in [2.05, 4.69) is 13.8 Å². The number of aromatic nitrogens is 1. The predicted octanol–water partition coefficient (Wildman–Crippen LogP) is 6.91. The van der Waals surface area contributed by atoms with Crippen LogP contribution in [-0.4, -0.2) is 17.1 Å². The molecule has 1 aliphatic carbocycles. The number of hydrogen-bond donors (Lipinski definition) is 1. The maximum absolute atomic E-state index is 12.8. The summed E-state index contributed by atoms with van der Waals surface area (Å²) in [6.45, 7) is 4.17. The third-order valence-corrected chi connectivity index (χ3v) is 6.67. The lowest BCUT2D eigenvalue weighted by Crippen LogP contribution is -2.23. The van der Waals surface area contributed by atoms with Gasteiger partial charge in [-0.25, -0.2) is 4.39 Å². The number of carbonyl (C=O) groups is 1. The summed E-state index contributed by atoms with van der Waals surface area (Å²) in [7, 11) is 0. The number of halogens is 4. The topological polar surface area (TPSA) is 48.0 Å². The number of nitrogens with zero attached hydrogens (tertiary/aromatic N) is 1. The fraction of sp³-hybridized carbons (Fsp3) is 0.423. The molecule has 0 saturated heterocycles. The predicted molar refractivity (Wildman–Crippen MR) is 123 cm³/mol. The van der Waals surface area contributed by atoms with Gasteiger partial charge in [-0.2, -0.15) is 13.2 Å². The number of hydrogen-bond acceptors (Lipinski definition) is 1. The Hall–Kier alpha value is -2.83. The number of rotatable bonds is 6. The van der Waals surface area contributed by atoms with Crippen molar-refractivity contribution in [2.24, 2.45) is 11.1 Å². The van der Waals surface area contributed by atoms with Crippen molar-refractivity contribution >= 4 is 16.8 Å². The molecule has 0 unspecified atom stereocenters. The standard InChI is InChI=1S/C19H16F4N2O.C7H14/c20-8-9-25-11-15(18(24)26)17-13(2-1-3-16(17)25)10-12-4-6-14(7-5-12)19(21,22)23;1-3-7(2)5-4-6-7/h1-7,11H,8-10H2,(H2,24,26);3-6H2,1-2H3. The fourth-order valence-corrected chi connectivity index (χ4v) is 4.20. The zero-order valence-corrected chi connectivity index (χ0v) is 19.0. The second-order valence-electron chi connectivity index (χ2n) is 8.99. The van der Waals surface area contributed by atoms with Gasteiger partial charge in [0.1, 0.15) is 6.67 Å². The molecule has 0 spiro atoms. The normalized spacial score (nSPS) is 15.0. The van der Waals surface area contributed by atoms with Crippen LogP contribution >= 0.6 is 0 Å². The van der Waals surface area contributed by atoms with Gasteiger partial charge < -0.3 is 10.3 Å². The Morgan fingerprint density at radius 3 is 2.24 bits per heavy atom. The summed E-state index contributed by atoms with van der Waals surface area (Å²) in [5.41, 5.74) is 7.85. The Morgan fingerprint density at radius 1 is 1.12 bits per heavy atom. The van der Waals surface area contributed by atoms with Crippen molar-refractivity contribution in [2.45, 2.75) is 58.7 Å². The van der Waals surface area contributed by atoms with Gasteiger partial charge in [0, 0.05) is 17.1 Å². The van der Waals surface area contributed by atoms with E-state index in [0.29, 0.717) is 22.9 Å². The van der Waals surface area contributed by atoms with Gasteiger partial charge in [-0.1, -0.05) is 51.0 Å². The summed E-state index contributed by atoms with van der Waals surface area (Å²) >= 11 is 0. The third kappa shape index (κ3) is 5.75. The van der Waals surface area contributed by atoms with Crippen LogP contribution < -0.4 is 5.73 Å². The maximum Gasteiger partial charge on any atom is 0.416 e. The molecule has 1 heterocycles. The Kier molecular flexibility index (Phi) is 7.50. The average molecular weight is 463 g/mol. The molecule has 1 saturated carbocycles. The number of aryl methyl sites for hydroxylation is 1. The fourth-order valence-electron chi connectivity index (χ4n) is 4.20. The quantitative estimate of drug-likeness (QED) is 0.398. The molecule has 0 aliphatic heterocycles. The molecule has 7 heteroatoms. The molecule has 4 rings (SSSR count). The van der Waals surface area contributed by atoms with Gasteiger partial charge in [0.25, 0.3) is 5.91 Å². The highest BCUT2D eigenvalue weighted by atomic mass is 19.4. The molecule has 33 heavy (non-hydrogen) atoms. The minimum atomic E-state index is -4.39. The van der Waals surface area contributed by atoms with E-state index in [1.807, 2.05) is 0 Å². The molecule has 178 valence electrons. The molecular formula is C26H30F4N2O. The van der Waals surface area contributed by atoms with Crippen molar-refractivity contribution < 1.29 is 22.4 Å². The largest absolute Gasteiger partial charge is 0.416 e. The number of alkyl halides is 4. The van der Waals surface area contributed by atoms with Crippen LogP contribution in [0.15, 0.2) is 48.7 Å². The highest BCUT2D eigenvalue weighted by Crippen LogP contribution is 2.42. The molecule has 1 fully saturated rings. The zero-order chi connectivity index (χ0) is 24.2. The van der Waals surface area contributed by atoms with Crippen molar-refractivity contribution in [1.29, 1.82) is 0 Å². The van der Waals surface area contributed by atoms with E-state index >= 15 is 0 Å². The smallest absolute Gasteiger partial charge is 0.366 e. The summed E-state index contributed by atoms with van der Waals surface area (Å²) < 4.78 is 52.4. The van der Waals surface area contributed by atoms with Gasteiger partial charge in [0.2, 0.25) is 0 Å². The van der Waals surface area contributed by atoms with E-state index < -0.39 is 24.3 Å². The summed E-state index contributed by atoms with van der Waals surface area (Å²) in [6, 6.07) is 10.2. The number of nitrogens with two attached hydrogens (primary N) is 1. The Labute approximate surface area is 191 Å². The van der Waals surface area contributed by atoms with Gasteiger partial charge in [-0.15, -0.1) is 0 Å². The van der Waals surface area contributed by atoms with Gasteiger partial charge >= 0.3 is 6.18 Å². The SMILES string of the molecule is CCC1(C)CCC1.NC(=O)c1cn(CCF)c2cccc(Cc3ccc(C(F)(F)F)cc3)c12. The van der Waals surface area contributed by atoms with Gasteiger partial charge in [-0.3, -0.25) is 4.79 Å².